The van der Waals surface area contributed by atoms with Crippen LogP contribution in [0.25, 0.3) is 5.69 Å². The number of anilines is 1. The average molecular weight is 550 g/mol. The maximum atomic E-state index is 13.6. The number of benzene rings is 2. The molecule has 3 aromatic rings. The van der Waals surface area contributed by atoms with Gasteiger partial charge in [0, 0.05) is 42.9 Å². The van der Waals surface area contributed by atoms with Gasteiger partial charge in [0.05, 0.1) is 28.1 Å². The van der Waals surface area contributed by atoms with Gasteiger partial charge in [-0.3, -0.25) is 14.9 Å². The maximum absolute atomic E-state index is 13.6. The molecule has 12 nitrogen and oxygen atoms in total. The van der Waals surface area contributed by atoms with Crippen molar-refractivity contribution in [1.29, 1.82) is 0 Å². The van der Waals surface area contributed by atoms with Crippen molar-refractivity contribution in [2.75, 3.05) is 31.6 Å². The smallest absolute Gasteiger partial charge is 0.410 e. The first-order chi connectivity index (χ1) is 19.1. The highest BCUT2D eigenvalue weighted by atomic mass is 16.6. The minimum atomic E-state index is -0.596. The number of non-ortho nitro benzene ring substituents is 1. The third-order valence-corrected chi connectivity index (χ3v) is 6.69. The van der Waals surface area contributed by atoms with Crippen LogP contribution in [0.2, 0.25) is 0 Å². The zero-order valence-corrected chi connectivity index (χ0v) is 22.6. The highest BCUT2D eigenvalue weighted by Crippen LogP contribution is 2.35. The first-order valence-electron chi connectivity index (χ1n) is 13.1. The second kappa shape index (κ2) is 10.9. The predicted molar refractivity (Wildman–Crippen MR) is 145 cm³/mol. The number of nitrogens with one attached hydrogen (secondary N) is 1. The lowest BCUT2D eigenvalue weighted by Gasteiger charge is -2.34. The summed E-state index contributed by atoms with van der Waals surface area (Å²) in [7, 11) is 0. The molecule has 0 aliphatic carbocycles. The molecule has 0 bridgehead atoms. The summed E-state index contributed by atoms with van der Waals surface area (Å²) in [6.45, 7) is 7.28. The maximum Gasteiger partial charge on any atom is 0.410 e. The molecule has 12 heteroatoms. The van der Waals surface area contributed by atoms with Crippen LogP contribution in [0.15, 0.2) is 48.7 Å². The van der Waals surface area contributed by atoms with Crippen molar-refractivity contribution in [3.63, 3.8) is 0 Å². The molecule has 0 saturated carbocycles. The van der Waals surface area contributed by atoms with Gasteiger partial charge < -0.3 is 24.4 Å². The lowest BCUT2D eigenvalue weighted by molar-refractivity contribution is -0.384. The Morgan fingerprint density at radius 3 is 2.38 bits per heavy atom. The van der Waals surface area contributed by atoms with Crippen LogP contribution in [0.1, 0.15) is 55.6 Å². The fraction of sp³-hybridized carbons (Fsp3) is 0.393. The van der Waals surface area contributed by atoms with Crippen molar-refractivity contribution in [1.82, 2.24) is 14.7 Å². The van der Waals surface area contributed by atoms with Crippen LogP contribution in [0.5, 0.6) is 11.5 Å². The van der Waals surface area contributed by atoms with E-state index in [4.69, 9.17) is 14.2 Å². The van der Waals surface area contributed by atoms with Crippen LogP contribution in [-0.4, -0.2) is 63.5 Å². The minimum absolute atomic E-state index is 0.0419. The fourth-order valence-electron chi connectivity index (χ4n) is 4.83. The van der Waals surface area contributed by atoms with Crippen LogP contribution in [0, 0.1) is 10.1 Å². The summed E-state index contributed by atoms with van der Waals surface area (Å²) in [5.74, 6) is 0.722. The number of piperidine rings is 1. The number of hydrogen-bond donors (Lipinski definition) is 1. The van der Waals surface area contributed by atoms with E-state index in [9.17, 15) is 19.7 Å². The van der Waals surface area contributed by atoms with E-state index in [0.29, 0.717) is 73.3 Å². The number of nitro groups is 1. The van der Waals surface area contributed by atoms with E-state index >= 15 is 0 Å². The fourth-order valence-corrected chi connectivity index (χ4v) is 4.83. The van der Waals surface area contributed by atoms with Crippen molar-refractivity contribution in [2.24, 2.45) is 0 Å². The molecule has 210 valence electrons. The number of nitro benzene ring substituents is 1. The van der Waals surface area contributed by atoms with E-state index in [1.807, 2.05) is 20.8 Å². The lowest BCUT2D eigenvalue weighted by Crippen LogP contribution is -2.41. The van der Waals surface area contributed by atoms with Crippen molar-refractivity contribution in [2.45, 2.75) is 45.1 Å². The molecule has 2 aliphatic rings. The summed E-state index contributed by atoms with van der Waals surface area (Å²) in [5.41, 5.74) is 1.55. The third kappa shape index (κ3) is 5.85. The third-order valence-electron chi connectivity index (χ3n) is 6.69. The topological polar surface area (TPSA) is 138 Å². The van der Waals surface area contributed by atoms with Gasteiger partial charge in [-0.05, 0) is 57.9 Å². The monoisotopic (exact) mass is 549 g/mol. The molecule has 1 aromatic heterocycles. The zero-order chi connectivity index (χ0) is 28.4. The molecule has 0 atom stereocenters. The van der Waals surface area contributed by atoms with Crippen molar-refractivity contribution in [3.8, 4) is 17.2 Å². The van der Waals surface area contributed by atoms with E-state index in [0.717, 1.165) is 0 Å². The first kappa shape index (κ1) is 27.0. The lowest BCUT2D eigenvalue weighted by atomic mass is 9.90. The Morgan fingerprint density at radius 2 is 1.73 bits per heavy atom. The molecule has 2 amide bonds. The summed E-state index contributed by atoms with van der Waals surface area (Å²) >= 11 is 0. The van der Waals surface area contributed by atoms with Gasteiger partial charge in [0.2, 0.25) is 0 Å². The summed E-state index contributed by atoms with van der Waals surface area (Å²) in [6.07, 6.45) is 2.31. The number of hydrogen-bond acceptors (Lipinski definition) is 8. The largest absolute Gasteiger partial charge is 0.486 e. The molecule has 1 saturated heterocycles. The summed E-state index contributed by atoms with van der Waals surface area (Å²) in [5, 5.41) is 18.6. The number of ether oxygens (including phenoxy) is 3. The second-order valence-electron chi connectivity index (χ2n) is 10.7. The van der Waals surface area contributed by atoms with Crippen LogP contribution in [0.4, 0.5) is 16.2 Å². The number of carbonyl (C=O) groups is 2. The van der Waals surface area contributed by atoms with Crippen LogP contribution in [-0.2, 0) is 4.74 Å². The standard InChI is InChI=1S/C28H31N5O7/c1-28(2,3)40-27(35)31-12-10-18(11-13-31)25-22(17-29-32(25)20-5-7-21(8-6-20)33(36)37)26(34)30-19-4-9-23-24(16-19)39-15-14-38-23/h4-9,16-18H,10-15H2,1-3H3,(H,30,34). The predicted octanol–water partition coefficient (Wildman–Crippen LogP) is 4.92. The summed E-state index contributed by atoms with van der Waals surface area (Å²) in [4.78, 5) is 38.5. The quantitative estimate of drug-likeness (QED) is 0.350. The molecule has 1 fully saturated rings. The number of rotatable bonds is 5. The van der Waals surface area contributed by atoms with Crippen molar-refractivity contribution < 1.29 is 28.7 Å². The van der Waals surface area contributed by atoms with Gasteiger partial charge in [-0.15, -0.1) is 0 Å². The zero-order valence-electron chi connectivity index (χ0n) is 22.6. The normalized spacial score (nSPS) is 15.4. The number of aromatic nitrogens is 2. The van der Waals surface area contributed by atoms with Gasteiger partial charge in [0.1, 0.15) is 18.8 Å². The Hall–Kier alpha value is -4.61. The van der Waals surface area contributed by atoms with E-state index in [-0.39, 0.29) is 23.6 Å². The molecule has 5 rings (SSSR count). The van der Waals surface area contributed by atoms with Gasteiger partial charge in [0.25, 0.3) is 11.6 Å². The Bertz CT molecular complexity index is 1420. The molecule has 0 radical (unpaired) electrons. The molecule has 1 N–H and O–H groups in total. The van der Waals surface area contributed by atoms with Crippen LogP contribution in [0.3, 0.4) is 0 Å². The number of fused-ring (bicyclic) bond motifs is 1. The highest BCUT2D eigenvalue weighted by molar-refractivity contribution is 6.05. The van der Waals surface area contributed by atoms with E-state index < -0.39 is 10.5 Å². The average Bonchev–Trinajstić information content (AvgIpc) is 3.37. The van der Waals surface area contributed by atoms with Crippen LogP contribution < -0.4 is 14.8 Å². The Balaban J connectivity index is 1.42. The Labute approximate surface area is 231 Å². The number of amides is 2. The highest BCUT2D eigenvalue weighted by Gasteiger charge is 2.32. The van der Waals surface area contributed by atoms with Crippen molar-refractivity contribution in [3.05, 3.63) is 70.0 Å². The molecular formula is C28H31N5O7. The molecule has 0 unspecified atom stereocenters. The molecular weight excluding hydrogens is 518 g/mol. The van der Waals surface area contributed by atoms with Gasteiger partial charge in [-0.1, -0.05) is 0 Å². The summed E-state index contributed by atoms with van der Waals surface area (Å²) < 4.78 is 18.4. The molecule has 0 spiro atoms. The second-order valence-corrected chi connectivity index (χ2v) is 10.7. The molecule has 3 heterocycles. The minimum Gasteiger partial charge on any atom is -0.486 e. The van der Waals surface area contributed by atoms with E-state index in [1.165, 1.54) is 18.3 Å². The van der Waals surface area contributed by atoms with Gasteiger partial charge >= 0.3 is 6.09 Å². The van der Waals surface area contributed by atoms with Gasteiger partial charge in [-0.2, -0.15) is 5.10 Å². The van der Waals surface area contributed by atoms with Gasteiger partial charge in [-0.25, -0.2) is 9.48 Å². The number of likely N-dealkylation sites (tertiary alicyclic amines) is 1. The molecule has 2 aromatic carbocycles. The van der Waals surface area contributed by atoms with E-state index in [1.54, 1.807) is 39.9 Å². The molecule has 2 aliphatic heterocycles. The van der Waals surface area contributed by atoms with Crippen LogP contribution >= 0.6 is 0 Å². The number of nitrogens with zero attached hydrogens (tertiary/aromatic N) is 4. The Kier molecular flexibility index (Phi) is 7.33. The Morgan fingerprint density at radius 1 is 1.05 bits per heavy atom. The van der Waals surface area contributed by atoms with E-state index in [2.05, 4.69) is 10.4 Å². The SMILES string of the molecule is CC(C)(C)OC(=O)N1CCC(c2c(C(=O)Nc3ccc4c(c3)OCCO4)cnn2-c2ccc([N+](=O)[O-])cc2)CC1. The van der Waals surface area contributed by atoms with Gasteiger partial charge in [0.15, 0.2) is 11.5 Å². The first-order valence-corrected chi connectivity index (χ1v) is 13.1. The summed E-state index contributed by atoms with van der Waals surface area (Å²) in [6, 6.07) is 11.2. The number of carbonyl (C=O) groups excluding carboxylic acids is 2. The molecule has 40 heavy (non-hydrogen) atoms. The van der Waals surface area contributed by atoms with Crippen molar-refractivity contribution >= 4 is 23.4 Å².